The molecule has 0 amide bonds. The molecular weight excluding hydrogens is 290 g/mol. The smallest absolute Gasteiger partial charge is 0.264 e. The Balaban J connectivity index is 3.24. The molecule has 0 bridgehead atoms. The minimum Gasteiger partial charge on any atom is -0.264 e. The van der Waals surface area contributed by atoms with Gasteiger partial charge < -0.3 is 0 Å². The fraction of sp³-hybridized carbons (Fsp3) is 0. The Morgan fingerprint density at radius 3 is 2.53 bits per heavy atom. The van der Waals surface area contributed by atoms with Crippen molar-refractivity contribution in [3.63, 3.8) is 0 Å². The minimum atomic E-state index is -4.02. The molecule has 9 heteroatoms. The number of nitrogens with two attached hydrogens (primary N) is 1. The molecular formula is C6H6BrN3O4S. The van der Waals surface area contributed by atoms with E-state index in [4.69, 9.17) is 5.14 Å². The number of rotatable bonds is 3. The van der Waals surface area contributed by atoms with Crippen molar-refractivity contribution in [2.45, 2.75) is 0 Å². The number of nitro groups is 1. The number of anilines is 1. The van der Waals surface area contributed by atoms with E-state index in [0.29, 0.717) is 4.47 Å². The van der Waals surface area contributed by atoms with E-state index in [1.54, 1.807) is 0 Å². The lowest BCUT2D eigenvalue weighted by Crippen LogP contribution is -2.22. The highest BCUT2D eigenvalue weighted by Gasteiger charge is 2.16. The molecule has 0 fully saturated rings. The zero-order valence-electron chi connectivity index (χ0n) is 7.18. The number of benzene rings is 1. The molecule has 0 saturated heterocycles. The molecule has 0 aromatic heterocycles. The summed E-state index contributed by atoms with van der Waals surface area (Å²) in [5.41, 5.74) is -0.552. The van der Waals surface area contributed by atoms with Crippen molar-refractivity contribution in [2.75, 3.05) is 4.72 Å². The first-order chi connectivity index (χ1) is 6.79. The van der Waals surface area contributed by atoms with E-state index < -0.39 is 15.1 Å². The third-order valence-corrected chi connectivity index (χ3v) is 2.41. The summed E-state index contributed by atoms with van der Waals surface area (Å²) in [4.78, 5) is 9.86. The van der Waals surface area contributed by atoms with Gasteiger partial charge in [0, 0.05) is 10.5 Å². The summed E-state index contributed by atoms with van der Waals surface area (Å²) >= 11 is 3.03. The van der Waals surface area contributed by atoms with Crippen molar-refractivity contribution in [3.05, 3.63) is 32.8 Å². The van der Waals surface area contributed by atoms with Crippen LogP contribution in [-0.4, -0.2) is 13.3 Å². The van der Waals surface area contributed by atoms with Crippen LogP contribution in [0.4, 0.5) is 11.4 Å². The van der Waals surface area contributed by atoms with Gasteiger partial charge in [-0.05, 0) is 12.1 Å². The van der Waals surface area contributed by atoms with Gasteiger partial charge in [-0.1, -0.05) is 15.9 Å². The summed E-state index contributed by atoms with van der Waals surface area (Å²) in [6.07, 6.45) is 0. The molecule has 0 saturated carbocycles. The highest BCUT2D eigenvalue weighted by atomic mass is 79.9. The molecule has 0 spiro atoms. The summed E-state index contributed by atoms with van der Waals surface area (Å²) in [5, 5.41) is 15.3. The second kappa shape index (κ2) is 4.13. The standard InChI is InChI=1S/C6H6BrN3O4S/c7-4-1-2-5(9-15(8,13)14)6(3-4)10(11)12/h1-3,9H,(H2,8,13,14). The van der Waals surface area contributed by atoms with Crippen molar-refractivity contribution >= 4 is 37.5 Å². The first-order valence-electron chi connectivity index (χ1n) is 3.54. The van der Waals surface area contributed by atoms with Crippen LogP contribution in [0.3, 0.4) is 0 Å². The fourth-order valence-corrected chi connectivity index (χ4v) is 1.72. The van der Waals surface area contributed by atoms with Gasteiger partial charge in [0.05, 0.1) is 4.92 Å². The van der Waals surface area contributed by atoms with Crippen molar-refractivity contribution < 1.29 is 13.3 Å². The molecule has 0 unspecified atom stereocenters. The topological polar surface area (TPSA) is 115 Å². The van der Waals surface area contributed by atoms with Gasteiger partial charge in [0.2, 0.25) is 0 Å². The maximum Gasteiger partial charge on any atom is 0.296 e. The zero-order chi connectivity index (χ0) is 11.6. The van der Waals surface area contributed by atoms with Crippen molar-refractivity contribution in [1.82, 2.24) is 0 Å². The summed E-state index contributed by atoms with van der Waals surface area (Å²) in [6.45, 7) is 0. The van der Waals surface area contributed by atoms with E-state index in [9.17, 15) is 18.5 Å². The Labute approximate surface area is 93.7 Å². The largest absolute Gasteiger partial charge is 0.296 e. The maximum atomic E-state index is 10.7. The Morgan fingerprint density at radius 2 is 2.07 bits per heavy atom. The lowest BCUT2D eigenvalue weighted by molar-refractivity contribution is -0.384. The van der Waals surface area contributed by atoms with Crippen LogP contribution in [0.2, 0.25) is 0 Å². The first kappa shape index (κ1) is 11.9. The van der Waals surface area contributed by atoms with Gasteiger partial charge in [-0.25, -0.2) is 5.14 Å². The number of nitrogens with one attached hydrogen (secondary N) is 1. The highest BCUT2D eigenvalue weighted by molar-refractivity contribution is 9.10. The quantitative estimate of drug-likeness (QED) is 0.638. The van der Waals surface area contributed by atoms with Gasteiger partial charge in [-0.3, -0.25) is 14.8 Å². The normalized spacial score (nSPS) is 11.1. The molecule has 0 atom stereocenters. The second-order valence-electron chi connectivity index (χ2n) is 2.57. The minimum absolute atomic E-state index is 0.175. The van der Waals surface area contributed by atoms with E-state index in [1.165, 1.54) is 18.2 Å². The molecule has 0 heterocycles. The molecule has 3 N–H and O–H groups in total. The number of nitrogens with zero attached hydrogens (tertiary/aromatic N) is 1. The van der Waals surface area contributed by atoms with Gasteiger partial charge in [0.15, 0.2) is 0 Å². The lowest BCUT2D eigenvalue weighted by atomic mass is 10.3. The van der Waals surface area contributed by atoms with Crippen LogP contribution in [0.15, 0.2) is 22.7 Å². The van der Waals surface area contributed by atoms with Crippen LogP contribution < -0.4 is 9.86 Å². The molecule has 0 aliphatic carbocycles. The predicted octanol–water partition coefficient (Wildman–Crippen LogP) is 0.973. The number of hydrogen-bond acceptors (Lipinski definition) is 4. The molecule has 0 radical (unpaired) electrons. The Morgan fingerprint density at radius 1 is 1.47 bits per heavy atom. The summed E-state index contributed by atoms with van der Waals surface area (Å²) in [7, 11) is -4.02. The first-order valence-corrected chi connectivity index (χ1v) is 5.88. The third-order valence-electron chi connectivity index (χ3n) is 1.41. The third kappa shape index (κ3) is 3.46. The monoisotopic (exact) mass is 295 g/mol. The maximum absolute atomic E-state index is 10.7. The van der Waals surface area contributed by atoms with Crippen LogP contribution in [-0.2, 0) is 10.2 Å². The highest BCUT2D eigenvalue weighted by Crippen LogP contribution is 2.28. The zero-order valence-corrected chi connectivity index (χ0v) is 9.58. The van der Waals surface area contributed by atoms with E-state index >= 15 is 0 Å². The molecule has 1 rings (SSSR count). The van der Waals surface area contributed by atoms with Crippen LogP contribution in [0.1, 0.15) is 0 Å². The number of hydrogen-bond donors (Lipinski definition) is 2. The number of nitro benzene ring substituents is 1. The van der Waals surface area contributed by atoms with Crippen LogP contribution >= 0.6 is 15.9 Å². The van der Waals surface area contributed by atoms with Crippen LogP contribution in [0, 0.1) is 10.1 Å². The number of halogens is 1. The van der Waals surface area contributed by atoms with E-state index in [2.05, 4.69) is 15.9 Å². The van der Waals surface area contributed by atoms with Crippen molar-refractivity contribution in [1.29, 1.82) is 0 Å². The predicted molar refractivity (Wildman–Crippen MR) is 57.5 cm³/mol. The van der Waals surface area contributed by atoms with E-state index in [1.807, 2.05) is 4.72 Å². The second-order valence-corrected chi connectivity index (χ2v) is 4.78. The summed E-state index contributed by atoms with van der Waals surface area (Å²) in [5.74, 6) is 0. The van der Waals surface area contributed by atoms with Gasteiger partial charge in [-0.2, -0.15) is 8.42 Å². The van der Waals surface area contributed by atoms with Gasteiger partial charge >= 0.3 is 0 Å². The average molecular weight is 296 g/mol. The van der Waals surface area contributed by atoms with Gasteiger partial charge in [0.25, 0.3) is 15.9 Å². The van der Waals surface area contributed by atoms with Crippen molar-refractivity contribution in [2.24, 2.45) is 5.14 Å². The SMILES string of the molecule is NS(=O)(=O)Nc1ccc(Br)cc1[N+](=O)[O-]. The molecule has 1 aromatic carbocycles. The fourth-order valence-electron chi connectivity index (χ4n) is 0.895. The van der Waals surface area contributed by atoms with Gasteiger partial charge in [-0.15, -0.1) is 0 Å². The molecule has 1 aromatic rings. The molecule has 7 nitrogen and oxygen atoms in total. The van der Waals surface area contributed by atoms with Crippen LogP contribution in [0.25, 0.3) is 0 Å². The van der Waals surface area contributed by atoms with E-state index in [-0.39, 0.29) is 11.4 Å². The Hall–Kier alpha value is -1.19. The van der Waals surface area contributed by atoms with E-state index in [0.717, 1.165) is 0 Å². The van der Waals surface area contributed by atoms with Crippen molar-refractivity contribution in [3.8, 4) is 0 Å². The summed E-state index contributed by atoms with van der Waals surface area (Å²) in [6, 6.07) is 3.88. The summed E-state index contributed by atoms with van der Waals surface area (Å²) < 4.78 is 23.7. The molecule has 0 aliphatic rings. The Bertz CT molecular complexity index is 501. The van der Waals surface area contributed by atoms with Gasteiger partial charge in [0.1, 0.15) is 5.69 Å². The molecule has 0 aliphatic heterocycles. The lowest BCUT2D eigenvalue weighted by Gasteiger charge is -2.04. The van der Waals surface area contributed by atoms with Crippen LogP contribution in [0.5, 0.6) is 0 Å². The molecule has 15 heavy (non-hydrogen) atoms. The molecule has 82 valence electrons. The Kier molecular flexibility index (Phi) is 3.27. The average Bonchev–Trinajstić information content (AvgIpc) is 2.05.